The number of hydrogen-bond donors (Lipinski definition) is 1. The molecule has 0 saturated carbocycles. The zero-order valence-corrected chi connectivity index (χ0v) is 17.8. The van der Waals surface area contributed by atoms with Crippen molar-refractivity contribution in [3.8, 4) is 5.75 Å². The van der Waals surface area contributed by atoms with E-state index in [1.165, 1.54) is 27.4 Å². The van der Waals surface area contributed by atoms with Crippen molar-refractivity contribution in [3.63, 3.8) is 0 Å². The molecule has 2 rings (SSSR count). The highest BCUT2D eigenvalue weighted by Gasteiger charge is 2.29. The average molecular weight is 433 g/mol. The lowest BCUT2D eigenvalue weighted by molar-refractivity contribution is -0.121. The fourth-order valence-electron chi connectivity index (χ4n) is 2.62. The predicted molar refractivity (Wildman–Crippen MR) is 113 cm³/mol. The first-order chi connectivity index (χ1) is 14.2. The molecule has 0 aliphatic rings. The molecular formula is C20H23N3O6S. The third-order valence-corrected chi connectivity index (χ3v) is 5.38. The highest BCUT2D eigenvalue weighted by Crippen LogP contribution is 2.23. The zero-order valence-electron chi connectivity index (χ0n) is 17.0. The van der Waals surface area contributed by atoms with Crippen LogP contribution in [-0.2, 0) is 19.6 Å². The predicted octanol–water partition coefficient (Wildman–Crippen LogP) is 1.79. The second kappa shape index (κ2) is 9.88. The van der Waals surface area contributed by atoms with Gasteiger partial charge in [-0.25, -0.2) is 18.6 Å². The summed E-state index contributed by atoms with van der Waals surface area (Å²) in [6.07, 6.45) is 2.40. The summed E-state index contributed by atoms with van der Waals surface area (Å²) in [6, 6.07) is 11.7. The summed E-state index contributed by atoms with van der Waals surface area (Å²) in [7, 11) is -0.946. The maximum absolute atomic E-state index is 12.5. The summed E-state index contributed by atoms with van der Waals surface area (Å²) in [5.74, 6) is -0.509. The molecule has 0 spiro atoms. The lowest BCUT2D eigenvalue weighted by atomic mass is 10.1. The van der Waals surface area contributed by atoms with Gasteiger partial charge in [-0.05, 0) is 48.9 Å². The number of carbonyl (C=O) groups excluding carboxylic acids is 2. The van der Waals surface area contributed by atoms with E-state index >= 15 is 0 Å². The second-order valence-corrected chi connectivity index (χ2v) is 8.14. The smallest absolute Gasteiger partial charge is 0.337 e. The number of nitrogens with zero attached hydrogens (tertiary/aromatic N) is 2. The second-order valence-electron chi connectivity index (χ2n) is 6.28. The number of methoxy groups -OCH3 is 2. The first-order valence-electron chi connectivity index (χ1n) is 8.82. The molecule has 1 amide bonds. The minimum atomic E-state index is -3.74. The molecule has 10 heteroatoms. The van der Waals surface area contributed by atoms with Gasteiger partial charge in [0, 0.05) is 0 Å². The Morgan fingerprint density at radius 2 is 1.67 bits per heavy atom. The number of benzene rings is 2. The Kier molecular flexibility index (Phi) is 7.54. The maximum Gasteiger partial charge on any atom is 0.337 e. The van der Waals surface area contributed by atoms with Gasteiger partial charge in [0.15, 0.2) is 0 Å². The van der Waals surface area contributed by atoms with E-state index in [2.05, 4.69) is 15.3 Å². The molecule has 0 aliphatic carbocycles. The maximum atomic E-state index is 12.5. The number of anilines is 1. The van der Waals surface area contributed by atoms with Crippen LogP contribution in [-0.4, -0.2) is 53.0 Å². The zero-order chi connectivity index (χ0) is 22.3. The molecule has 0 heterocycles. The van der Waals surface area contributed by atoms with Gasteiger partial charge >= 0.3 is 5.97 Å². The highest BCUT2D eigenvalue weighted by atomic mass is 32.2. The number of sulfonamides is 1. The summed E-state index contributed by atoms with van der Waals surface area (Å²) < 4.78 is 35.3. The summed E-state index contributed by atoms with van der Waals surface area (Å²) in [5.41, 5.74) is 3.67. The number of hydrazone groups is 1. The number of rotatable bonds is 8. The van der Waals surface area contributed by atoms with Gasteiger partial charge in [0.25, 0.3) is 5.91 Å². The molecule has 0 unspecified atom stereocenters. The van der Waals surface area contributed by atoms with Crippen LogP contribution < -0.4 is 14.5 Å². The standard InChI is InChI=1S/C20H23N3O6S/c1-14(23(30(4,26)27)17-9-11-18(28-2)12-10-17)19(24)22-21-13-15-5-7-16(8-6-15)20(25)29-3/h5-14H,1-4H3,(H,22,24)/b21-13-/t14-/m0/s1. The molecule has 1 atom stereocenters. The van der Waals surface area contributed by atoms with Crippen molar-refractivity contribution in [2.45, 2.75) is 13.0 Å². The van der Waals surface area contributed by atoms with E-state index < -0.39 is 27.9 Å². The molecule has 30 heavy (non-hydrogen) atoms. The van der Waals surface area contributed by atoms with Gasteiger partial charge < -0.3 is 9.47 Å². The molecule has 0 saturated heterocycles. The van der Waals surface area contributed by atoms with E-state index in [0.717, 1.165) is 10.6 Å². The first kappa shape index (κ1) is 22.9. The van der Waals surface area contributed by atoms with Crippen molar-refractivity contribution in [3.05, 3.63) is 59.7 Å². The molecule has 2 aromatic rings. The van der Waals surface area contributed by atoms with Gasteiger partial charge in [0.05, 0.1) is 37.9 Å². The molecule has 160 valence electrons. The van der Waals surface area contributed by atoms with Crippen LogP contribution >= 0.6 is 0 Å². The Balaban J connectivity index is 2.11. The molecule has 0 aliphatic heterocycles. The molecule has 9 nitrogen and oxygen atoms in total. The van der Waals surface area contributed by atoms with E-state index in [1.807, 2.05) is 0 Å². The molecule has 2 aromatic carbocycles. The van der Waals surface area contributed by atoms with E-state index in [9.17, 15) is 18.0 Å². The molecule has 0 bridgehead atoms. The minimum absolute atomic E-state index is 0.323. The Hall–Kier alpha value is -3.40. The van der Waals surface area contributed by atoms with Crippen molar-refractivity contribution in [2.24, 2.45) is 5.10 Å². The quantitative estimate of drug-likeness (QED) is 0.386. The summed E-state index contributed by atoms with van der Waals surface area (Å²) in [4.78, 5) is 23.9. The normalized spacial score (nSPS) is 12.3. The van der Waals surface area contributed by atoms with Gasteiger partial charge in [-0.15, -0.1) is 0 Å². The Labute approximate surface area is 175 Å². The van der Waals surface area contributed by atoms with Crippen LogP contribution in [0, 0.1) is 0 Å². The van der Waals surface area contributed by atoms with Crippen molar-refractivity contribution in [1.82, 2.24) is 5.43 Å². The number of carbonyl (C=O) groups is 2. The van der Waals surface area contributed by atoms with E-state index in [0.29, 0.717) is 22.6 Å². The minimum Gasteiger partial charge on any atom is -0.497 e. The number of hydrogen-bond acceptors (Lipinski definition) is 7. The van der Waals surface area contributed by atoms with Crippen molar-refractivity contribution < 1.29 is 27.5 Å². The van der Waals surface area contributed by atoms with Crippen LogP contribution in [0.25, 0.3) is 0 Å². The highest BCUT2D eigenvalue weighted by molar-refractivity contribution is 7.92. The fraction of sp³-hybridized carbons (Fsp3) is 0.250. The topological polar surface area (TPSA) is 114 Å². The average Bonchev–Trinajstić information content (AvgIpc) is 2.73. The van der Waals surface area contributed by atoms with Gasteiger partial charge in [0.1, 0.15) is 11.8 Å². The van der Waals surface area contributed by atoms with Crippen molar-refractivity contribution >= 4 is 33.8 Å². The molecule has 0 radical (unpaired) electrons. The van der Waals surface area contributed by atoms with Crippen molar-refractivity contribution in [1.29, 1.82) is 0 Å². The third-order valence-electron chi connectivity index (χ3n) is 4.14. The van der Waals surface area contributed by atoms with E-state index in [1.54, 1.807) is 48.5 Å². The van der Waals surface area contributed by atoms with E-state index in [4.69, 9.17) is 4.74 Å². The Morgan fingerprint density at radius 1 is 1.07 bits per heavy atom. The monoisotopic (exact) mass is 433 g/mol. The van der Waals surface area contributed by atoms with Crippen LogP contribution in [0.4, 0.5) is 5.69 Å². The summed E-state index contributed by atoms with van der Waals surface area (Å²) >= 11 is 0. The molecule has 0 fully saturated rings. The van der Waals surface area contributed by atoms with E-state index in [-0.39, 0.29) is 0 Å². The Morgan fingerprint density at radius 3 is 2.17 bits per heavy atom. The number of nitrogens with one attached hydrogen (secondary N) is 1. The molecule has 0 aromatic heterocycles. The summed E-state index contributed by atoms with van der Waals surface area (Å²) in [5, 5.41) is 3.86. The number of esters is 1. The summed E-state index contributed by atoms with van der Waals surface area (Å²) in [6.45, 7) is 1.46. The van der Waals surface area contributed by atoms with Crippen LogP contribution in [0.5, 0.6) is 5.75 Å². The van der Waals surface area contributed by atoms with Crippen LogP contribution in [0.3, 0.4) is 0 Å². The van der Waals surface area contributed by atoms with Crippen LogP contribution in [0.1, 0.15) is 22.8 Å². The van der Waals surface area contributed by atoms with Gasteiger partial charge in [-0.1, -0.05) is 12.1 Å². The first-order valence-corrected chi connectivity index (χ1v) is 10.7. The lowest BCUT2D eigenvalue weighted by Crippen LogP contribution is -2.46. The largest absolute Gasteiger partial charge is 0.497 e. The third kappa shape index (κ3) is 5.80. The number of amides is 1. The van der Waals surface area contributed by atoms with Crippen LogP contribution in [0.2, 0.25) is 0 Å². The van der Waals surface area contributed by atoms with Gasteiger partial charge in [-0.2, -0.15) is 5.10 Å². The molecule has 1 N–H and O–H groups in total. The van der Waals surface area contributed by atoms with Gasteiger partial charge in [0.2, 0.25) is 10.0 Å². The van der Waals surface area contributed by atoms with Gasteiger partial charge in [-0.3, -0.25) is 9.10 Å². The fourth-order valence-corrected chi connectivity index (χ4v) is 3.80. The molecular weight excluding hydrogens is 410 g/mol. The lowest BCUT2D eigenvalue weighted by Gasteiger charge is -2.27. The Bertz CT molecular complexity index is 1020. The SMILES string of the molecule is COC(=O)c1ccc(/C=N\NC(=O)[C@H](C)N(c2ccc(OC)cc2)S(C)(=O)=O)cc1. The van der Waals surface area contributed by atoms with Crippen LogP contribution in [0.15, 0.2) is 53.6 Å². The number of ether oxygens (including phenoxy) is 2. The van der Waals surface area contributed by atoms with Crippen molar-refractivity contribution in [2.75, 3.05) is 24.8 Å².